The smallest absolute Gasteiger partial charge is 0.264 e. The van der Waals surface area contributed by atoms with Gasteiger partial charge in [-0.2, -0.15) is 18.3 Å². The van der Waals surface area contributed by atoms with Crippen LogP contribution in [-0.4, -0.2) is 19.7 Å². The summed E-state index contributed by atoms with van der Waals surface area (Å²) in [5.74, 6) is 0. The van der Waals surface area contributed by atoms with Crippen molar-refractivity contribution in [3.8, 4) is 39.1 Å². The molecule has 4 nitrogen and oxygen atoms in total. The zero-order valence-electron chi connectivity index (χ0n) is 19.1. The number of hydrogen-bond acceptors (Lipinski definition) is 3. The van der Waals surface area contributed by atoms with Crippen LogP contribution in [0.1, 0.15) is 16.7 Å². The molecule has 0 saturated carbocycles. The monoisotopic (exact) mass is 470 g/mol. The van der Waals surface area contributed by atoms with E-state index in [1.165, 1.54) is 19.1 Å². The van der Waals surface area contributed by atoms with Gasteiger partial charge in [0.15, 0.2) is 0 Å². The Morgan fingerprint density at radius 3 is 2.06 bits per heavy atom. The van der Waals surface area contributed by atoms with Crippen molar-refractivity contribution in [2.75, 3.05) is 0 Å². The van der Waals surface area contributed by atoms with E-state index >= 15 is 0 Å². The highest BCUT2D eigenvalue weighted by molar-refractivity contribution is 5.72. The highest BCUT2D eigenvalue weighted by Crippen LogP contribution is 2.35. The Labute approximate surface area is 200 Å². The van der Waals surface area contributed by atoms with Crippen LogP contribution in [0.3, 0.4) is 0 Å². The Kier molecular flexibility index (Phi) is 5.68. The Bertz CT molecular complexity index is 1500. The van der Waals surface area contributed by atoms with Gasteiger partial charge in [-0.25, -0.2) is 4.68 Å². The SMILES string of the molecule is Cc1ccc(-c2ccc(C)c(C(F)(F)F)c2)cc1-n1cc(-c2cncc(-c3cccnc3)c2)cn1. The molecular formula is C28H21F3N4. The Balaban J connectivity index is 1.51. The molecule has 35 heavy (non-hydrogen) atoms. The van der Waals surface area contributed by atoms with Gasteiger partial charge in [-0.1, -0.05) is 30.3 Å². The van der Waals surface area contributed by atoms with Crippen LogP contribution in [0.5, 0.6) is 0 Å². The molecule has 0 N–H and O–H groups in total. The normalized spacial score (nSPS) is 11.6. The first kappa shape index (κ1) is 22.5. The summed E-state index contributed by atoms with van der Waals surface area (Å²) in [6, 6.07) is 15.9. The average Bonchev–Trinajstić information content (AvgIpc) is 3.35. The fraction of sp³-hybridized carbons (Fsp3) is 0.107. The number of pyridine rings is 2. The van der Waals surface area contributed by atoms with E-state index in [1.807, 2.05) is 49.5 Å². The summed E-state index contributed by atoms with van der Waals surface area (Å²) in [7, 11) is 0. The third-order valence-electron chi connectivity index (χ3n) is 5.98. The van der Waals surface area contributed by atoms with Crippen LogP contribution in [0.2, 0.25) is 0 Å². The maximum atomic E-state index is 13.4. The fourth-order valence-electron chi connectivity index (χ4n) is 4.04. The molecule has 0 aliphatic carbocycles. The largest absolute Gasteiger partial charge is 0.416 e. The molecule has 0 atom stereocenters. The second-order valence-electron chi connectivity index (χ2n) is 8.41. The number of halogens is 3. The van der Waals surface area contributed by atoms with Crippen LogP contribution in [0, 0.1) is 13.8 Å². The first-order valence-electron chi connectivity index (χ1n) is 11.0. The van der Waals surface area contributed by atoms with Gasteiger partial charge in [0.05, 0.1) is 17.4 Å². The molecule has 0 bridgehead atoms. The maximum absolute atomic E-state index is 13.4. The maximum Gasteiger partial charge on any atom is 0.416 e. The molecule has 174 valence electrons. The van der Waals surface area contributed by atoms with Crippen LogP contribution >= 0.6 is 0 Å². The third kappa shape index (κ3) is 4.57. The highest BCUT2D eigenvalue weighted by atomic mass is 19.4. The van der Waals surface area contributed by atoms with Gasteiger partial charge >= 0.3 is 6.18 Å². The molecule has 0 radical (unpaired) electrons. The number of hydrogen-bond donors (Lipinski definition) is 0. The standard InChI is InChI=1S/C28H21F3N4/c1-18-5-7-20(11-26(18)28(29,30)31)21-8-6-19(2)27(12-21)35-17-25(16-34-35)24-10-23(14-33-15-24)22-4-3-9-32-13-22/h3-17H,1-2H3. The zero-order chi connectivity index (χ0) is 24.6. The van der Waals surface area contributed by atoms with Crippen molar-refractivity contribution in [3.05, 3.63) is 108 Å². The number of nitrogens with zero attached hydrogens (tertiary/aromatic N) is 4. The molecular weight excluding hydrogens is 449 g/mol. The lowest BCUT2D eigenvalue weighted by Crippen LogP contribution is -2.07. The van der Waals surface area contributed by atoms with Crippen molar-refractivity contribution in [1.29, 1.82) is 0 Å². The lowest BCUT2D eigenvalue weighted by Gasteiger charge is -2.14. The number of benzene rings is 2. The molecule has 7 heteroatoms. The fourth-order valence-corrected chi connectivity index (χ4v) is 4.04. The van der Waals surface area contributed by atoms with Crippen LogP contribution in [-0.2, 0) is 6.18 Å². The molecule has 3 aromatic heterocycles. The number of alkyl halides is 3. The summed E-state index contributed by atoms with van der Waals surface area (Å²) < 4.78 is 42.0. The van der Waals surface area contributed by atoms with E-state index in [-0.39, 0.29) is 5.56 Å². The Morgan fingerprint density at radius 2 is 1.34 bits per heavy atom. The van der Waals surface area contributed by atoms with Crippen LogP contribution in [0.15, 0.2) is 91.8 Å². The predicted octanol–water partition coefficient (Wildman–Crippen LogP) is 7.30. The van der Waals surface area contributed by atoms with Gasteiger partial charge in [0, 0.05) is 53.2 Å². The van der Waals surface area contributed by atoms with Gasteiger partial charge in [-0.3, -0.25) is 9.97 Å². The van der Waals surface area contributed by atoms with Crippen molar-refractivity contribution in [2.24, 2.45) is 0 Å². The first-order chi connectivity index (χ1) is 16.8. The minimum Gasteiger partial charge on any atom is -0.264 e. The highest BCUT2D eigenvalue weighted by Gasteiger charge is 2.32. The van der Waals surface area contributed by atoms with Gasteiger partial charge in [0.2, 0.25) is 0 Å². The van der Waals surface area contributed by atoms with Gasteiger partial charge < -0.3 is 0 Å². The molecule has 0 fully saturated rings. The minimum absolute atomic E-state index is 0.201. The zero-order valence-corrected chi connectivity index (χ0v) is 19.1. The van der Waals surface area contributed by atoms with Crippen LogP contribution in [0.4, 0.5) is 13.2 Å². The summed E-state index contributed by atoms with van der Waals surface area (Å²) >= 11 is 0. The lowest BCUT2D eigenvalue weighted by atomic mass is 9.98. The van der Waals surface area contributed by atoms with Gasteiger partial charge in [-0.05, 0) is 60.4 Å². The molecule has 0 unspecified atom stereocenters. The summed E-state index contributed by atoms with van der Waals surface area (Å²) in [4.78, 5) is 8.54. The van der Waals surface area contributed by atoms with Crippen molar-refractivity contribution >= 4 is 0 Å². The third-order valence-corrected chi connectivity index (χ3v) is 5.98. The quantitative estimate of drug-likeness (QED) is 0.277. The Hall–Kier alpha value is -4.26. The van der Waals surface area contributed by atoms with Gasteiger partial charge in [0.1, 0.15) is 0 Å². The first-order valence-corrected chi connectivity index (χ1v) is 11.0. The van der Waals surface area contributed by atoms with E-state index in [2.05, 4.69) is 15.1 Å². The van der Waals surface area contributed by atoms with E-state index in [4.69, 9.17) is 0 Å². The second-order valence-corrected chi connectivity index (χ2v) is 8.41. The molecule has 5 aromatic rings. The summed E-state index contributed by atoms with van der Waals surface area (Å²) in [6.07, 6.45) is 6.32. The second kappa shape index (κ2) is 8.83. The number of aryl methyl sites for hydroxylation is 2. The van der Waals surface area contributed by atoms with E-state index < -0.39 is 11.7 Å². The number of aromatic nitrogens is 4. The van der Waals surface area contributed by atoms with E-state index in [9.17, 15) is 13.2 Å². The van der Waals surface area contributed by atoms with Crippen molar-refractivity contribution in [1.82, 2.24) is 19.7 Å². The van der Waals surface area contributed by atoms with E-state index in [0.717, 1.165) is 33.5 Å². The average molecular weight is 470 g/mol. The topological polar surface area (TPSA) is 43.6 Å². The van der Waals surface area contributed by atoms with Crippen molar-refractivity contribution in [3.63, 3.8) is 0 Å². The lowest BCUT2D eigenvalue weighted by molar-refractivity contribution is -0.138. The van der Waals surface area contributed by atoms with Gasteiger partial charge in [0.25, 0.3) is 0 Å². The van der Waals surface area contributed by atoms with Crippen molar-refractivity contribution in [2.45, 2.75) is 20.0 Å². The van der Waals surface area contributed by atoms with E-state index in [1.54, 1.807) is 41.7 Å². The number of rotatable bonds is 4. The molecule has 5 rings (SSSR count). The molecule has 0 aliphatic heterocycles. The van der Waals surface area contributed by atoms with Crippen LogP contribution in [0.25, 0.3) is 39.1 Å². The van der Waals surface area contributed by atoms with Crippen LogP contribution < -0.4 is 0 Å². The molecule has 0 spiro atoms. The molecule has 0 saturated heterocycles. The summed E-state index contributed by atoms with van der Waals surface area (Å²) in [5.41, 5.74) is 6.20. The Morgan fingerprint density at radius 1 is 0.657 bits per heavy atom. The molecule has 0 aliphatic rings. The summed E-state index contributed by atoms with van der Waals surface area (Å²) in [6.45, 7) is 3.41. The molecule has 2 aromatic carbocycles. The molecule has 0 amide bonds. The minimum atomic E-state index is -4.40. The van der Waals surface area contributed by atoms with Crippen molar-refractivity contribution < 1.29 is 13.2 Å². The van der Waals surface area contributed by atoms with E-state index in [0.29, 0.717) is 11.1 Å². The molecule has 3 heterocycles. The predicted molar refractivity (Wildman–Crippen MR) is 130 cm³/mol. The summed E-state index contributed by atoms with van der Waals surface area (Å²) in [5, 5.41) is 4.53. The van der Waals surface area contributed by atoms with Gasteiger partial charge in [-0.15, -0.1) is 0 Å².